The minimum Gasteiger partial charge on any atom is -0.469 e. The van der Waals surface area contributed by atoms with Gasteiger partial charge in [-0.3, -0.25) is 4.99 Å². The predicted molar refractivity (Wildman–Crippen MR) is 98.6 cm³/mol. The highest BCUT2D eigenvalue weighted by atomic mass is 16.3. The number of anilines is 1. The molecule has 128 valence electrons. The second-order valence-corrected chi connectivity index (χ2v) is 5.87. The molecule has 0 radical (unpaired) electrons. The van der Waals surface area contributed by atoms with E-state index in [2.05, 4.69) is 52.4 Å². The average Bonchev–Trinajstić information content (AvgIpc) is 3.15. The minimum atomic E-state index is 0.745. The van der Waals surface area contributed by atoms with Gasteiger partial charge in [-0.1, -0.05) is 18.2 Å². The maximum Gasteiger partial charge on any atom is 0.194 e. The molecule has 24 heavy (non-hydrogen) atoms. The lowest BCUT2D eigenvalue weighted by Crippen LogP contribution is -2.52. The number of nitrogens with zero attached hydrogens (tertiary/aromatic N) is 3. The van der Waals surface area contributed by atoms with Crippen LogP contribution in [0.2, 0.25) is 0 Å². The number of para-hydroxylation sites is 1. The molecule has 1 aliphatic rings. The molecule has 0 bridgehead atoms. The molecule has 0 saturated carbocycles. The van der Waals surface area contributed by atoms with Gasteiger partial charge in [-0.2, -0.15) is 0 Å². The Kier molecular flexibility index (Phi) is 5.77. The number of piperazine rings is 1. The quantitative estimate of drug-likeness (QED) is 0.678. The third-order valence-corrected chi connectivity index (χ3v) is 4.24. The number of hydrogen-bond acceptors (Lipinski definition) is 3. The summed E-state index contributed by atoms with van der Waals surface area (Å²) in [6.07, 6.45) is 2.55. The van der Waals surface area contributed by atoms with Crippen LogP contribution in [-0.4, -0.2) is 50.1 Å². The van der Waals surface area contributed by atoms with E-state index in [9.17, 15) is 0 Å². The van der Waals surface area contributed by atoms with Gasteiger partial charge in [0, 0.05) is 51.4 Å². The largest absolute Gasteiger partial charge is 0.469 e. The topological polar surface area (TPSA) is 44.0 Å². The van der Waals surface area contributed by atoms with E-state index in [4.69, 9.17) is 9.41 Å². The van der Waals surface area contributed by atoms with Crippen LogP contribution >= 0.6 is 0 Å². The summed E-state index contributed by atoms with van der Waals surface area (Å²) in [6.45, 7) is 7.76. The Hall–Kier alpha value is -2.43. The minimum absolute atomic E-state index is 0.745. The van der Waals surface area contributed by atoms with Crippen molar-refractivity contribution in [3.05, 3.63) is 54.5 Å². The Bertz CT molecular complexity index is 616. The molecule has 1 aromatic heterocycles. The van der Waals surface area contributed by atoms with Crippen LogP contribution in [0.3, 0.4) is 0 Å². The summed E-state index contributed by atoms with van der Waals surface area (Å²) in [7, 11) is 0. The molecule has 1 saturated heterocycles. The number of furan rings is 1. The maximum atomic E-state index is 5.37. The van der Waals surface area contributed by atoms with Crippen molar-refractivity contribution >= 4 is 11.6 Å². The van der Waals surface area contributed by atoms with Gasteiger partial charge >= 0.3 is 0 Å². The van der Waals surface area contributed by atoms with Gasteiger partial charge in [-0.15, -0.1) is 0 Å². The fraction of sp³-hybridized carbons (Fsp3) is 0.421. The zero-order valence-electron chi connectivity index (χ0n) is 14.3. The number of aliphatic imine (C=N–C) groups is 1. The third kappa shape index (κ3) is 4.31. The van der Waals surface area contributed by atoms with Crippen molar-refractivity contribution in [2.75, 3.05) is 44.2 Å². The molecule has 5 nitrogen and oxygen atoms in total. The van der Waals surface area contributed by atoms with Gasteiger partial charge in [0.15, 0.2) is 5.96 Å². The molecule has 1 fully saturated rings. The van der Waals surface area contributed by atoms with E-state index in [-0.39, 0.29) is 0 Å². The van der Waals surface area contributed by atoms with Crippen LogP contribution < -0.4 is 10.2 Å². The standard InChI is InChI=1S/C19H26N4O/c1-2-20-19(21-11-10-18-9-6-16-24-18)23-14-12-22(13-15-23)17-7-4-3-5-8-17/h3-9,16H,2,10-15H2,1H3,(H,20,21). The first kappa shape index (κ1) is 16.4. The van der Waals surface area contributed by atoms with E-state index in [1.807, 2.05) is 12.1 Å². The van der Waals surface area contributed by atoms with Crippen LogP contribution in [0.25, 0.3) is 0 Å². The van der Waals surface area contributed by atoms with Crippen LogP contribution in [0, 0.1) is 0 Å². The molecule has 5 heteroatoms. The summed E-state index contributed by atoms with van der Waals surface area (Å²) in [5.74, 6) is 2.00. The number of guanidine groups is 1. The smallest absolute Gasteiger partial charge is 0.194 e. The fourth-order valence-corrected chi connectivity index (χ4v) is 2.97. The summed E-state index contributed by atoms with van der Waals surface area (Å²) in [5, 5.41) is 3.41. The third-order valence-electron chi connectivity index (χ3n) is 4.24. The highest BCUT2D eigenvalue weighted by Crippen LogP contribution is 2.15. The Morgan fingerprint density at radius 3 is 2.54 bits per heavy atom. The van der Waals surface area contributed by atoms with E-state index in [1.54, 1.807) is 6.26 Å². The van der Waals surface area contributed by atoms with Crippen molar-refractivity contribution in [3.63, 3.8) is 0 Å². The summed E-state index contributed by atoms with van der Waals surface area (Å²) in [5.41, 5.74) is 1.30. The number of nitrogens with one attached hydrogen (secondary N) is 1. The fourth-order valence-electron chi connectivity index (χ4n) is 2.97. The van der Waals surface area contributed by atoms with Gasteiger partial charge in [0.2, 0.25) is 0 Å². The van der Waals surface area contributed by atoms with Crippen LogP contribution in [0.4, 0.5) is 5.69 Å². The van der Waals surface area contributed by atoms with Crippen molar-refractivity contribution < 1.29 is 4.42 Å². The highest BCUT2D eigenvalue weighted by molar-refractivity contribution is 5.80. The second kappa shape index (κ2) is 8.43. The molecule has 1 aromatic carbocycles. The molecule has 3 rings (SSSR count). The predicted octanol–water partition coefficient (Wildman–Crippen LogP) is 2.61. The lowest BCUT2D eigenvalue weighted by atomic mass is 10.2. The normalized spacial score (nSPS) is 15.6. The lowest BCUT2D eigenvalue weighted by Gasteiger charge is -2.37. The van der Waals surface area contributed by atoms with E-state index < -0.39 is 0 Å². The molecule has 0 unspecified atom stereocenters. The molecular weight excluding hydrogens is 300 g/mol. The number of rotatable bonds is 5. The van der Waals surface area contributed by atoms with Crippen LogP contribution in [0.1, 0.15) is 12.7 Å². The van der Waals surface area contributed by atoms with E-state index in [0.29, 0.717) is 0 Å². The first-order valence-electron chi connectivity index (χ1n) is 8.72. The molecule has 2 aromatic rings. The molecule has 0 spiro atoms. The highest BCUT2D eigenvalue weighted by Gasteiger charge is 2.19. The van der Waals surface area contributed by atoms with E-state index in [1.165, 1.54) is 5.69 Å². The SMILES string of the molecule is CCNC(=NCCc1ccco1)N1CCN(c2ccccc2)CC1. The summed E-state index contributed by atoms with van der Waals surface area (Å²) >= 11 is 0. The van der Waals surface area contributed by atoms with Crippen LogP contribution in [0.15, 0.2) is 58.1 Å². The summed E-state index contributed by atoms with van der Waals surface area (Å²) in [6, 6.07) is 14.5. The summed E-state index contributed by atoms with van der Waals surface area (Å²) in [4.78, 5) is 9.55. The molecular formula is C19H26N4O. The maximum absolute atomic E-state index is 5.37. The van der Waals surface area contributed by atoms with Crippen LogP contribution in [0.5, 0.6) is 0 Å². The van der Waals surface area contributed by atoms with Gasteiger partial charge in [0.05, 0.1) is 6.26 Å². The van der Waals surface area contributed by atoms with E-state index in [0.717, 1.165) is 57.4 Å². The van der Waals surface area contributed by atoms with Crippen molar-refractivity contribution in [2.24, 2.45) is 4.99 Å². The summed E-state index contributed by atoms with van der Waals surface area (Å²) < 4.78 is 5.37. The molecule has 0 amide bonds. The second-order valence-electron chi connectivity index (χ2n) is 5.87. The van der Waals surface area contributed by atoms with Crippen molar-refractivity contribution in [2.45, 2.75) is 13.3 Å². The molecule has 1 aliphatic heterocycles. The number of hydrogen-bond donors (Lipinski definition) is 1. The zero-order valence-corrected chi connectivity index (χ0v) is 14.3. The van der Waals surface area contributed by atoms with Gasteiger partial charge < -0.3 is 19.5 Å². The average molecular weight is 326 g/mol. The van der Waals surface area contributed by atoms with Gasteiger partial charge in [0.25, 0.3) is 0 Å². The van der Waals surface area contributed by atoms with Crippen molar-refractivity contribution in [1.29, 1.82) is 0 Å². The Morgan fingerprint density at radius 1 is 1.08 bits per heavy atom. The van der Waals surface area contributed by atoms with Crippen molar-refractivity contribution in [1.82, 2.24) is 10.2 Å². The van der Waals surface area contributed by atoms with Crippen LogP contribution in [-0.2, 0) is 6.42 Å². The monoisotopic (exact) mass is 326 g/mol. The van der Waals surface area contributed by atoms with Gasteiger partial charge in [-0.25, -0.2) is 0 Å². The molecule has 2 heterocycles. The Morgan fingerprint density at radius 2 is 1.88 bits per heavy atom. The zero-order chi connectivity index (χ0) is 16.6. The first-order valence-corrected chi connectivity index (χ1v) is 8.72. The van der Waals surface area contributed by atoms with E-state index >= 15 is 0 Å². The Balaban J connectivity index is 1.55. The lowest BCUT2D eigenvalue weighted by molar-refractivity contribution is 0.372. The van der Waals surface area contributed by atoms with Gasteiger partial charge in [-0.05, 0) is 31.2 Å². The van der Waals surface area contributed by atoms with Crippen molar-refractivity contribution in [3.8, 4) is 0 Å². The first-order chi connectivity index (χ1) is 11.9. The van der Waals surface area contributed by atoms with Gasteiger partial charge in [0.1, 0.15) is 5.76 Å². The molecule has 0 aliphatic carbocycles. The molecule has 0 atom stereocenters. The Labute approximate surface area is 144 Å². The number of benzene rings is 1. The molecule has 1 N–H and O–H groups in total.